The van der Waals surface area contributed by atoms with Gasteiger partial charge >= 0.3 is 12.1 Å². The van der Waals surface area contributed by atoms with E-state index in [-0.39, 0.29) is 12.5 Å². The van der Waals surface area contributed by atoms with Gasteiger partial charge in [0, 0.05) is 5.92 Å². The number of carbonyl (C=O) groups excluding carboxylic acids is 2. The number of hydrazine groups is 1. The van der Waals surface area contributed by atoms with Crippen molar-refractivity contribution in [2.75, 3.05) is 27.4 Å². The van der Waals surface area contributed by atoms with Crippen molar-refractivity contribution >= 4 is 18.0 Å². The van der Waals surface area contributed by atoms with Gasteiger partial charge in [-0.25, -0.2) is 4.79 Å². The SMILES string of the molecule is COc1ccc(C(c2ccccc2)(c2ccc(OC)cc2)N(NC(=O)OCC2c3ccccc3-c3ccccc32)[C@H](C)C(=O)NCC(=O)O)cc1. The number of fused-ring (bicyclic) bond motifs is 3. The largest absolute Gasteiger partial charge is 0.497 e. The third-order valence-corrected chi connectivity index (χ3v) is 9.30. The van der Waals surface area contributed by atoms with E-state index in [2.05, 4.69) is 22.9 Å². The van der Waals surface area contributed by atoms with Crippen LogP contribution in [-0.4, -0.2) is 61.5 Å². The van der Waals surface area contributed by atoms with E-state index in [4.69, 9.17) is 14.2 Å². The number of amides is 2. The summed E-state index contributed by atoms with van der Waals surface area (Å²) < 4.78 is 17.0. The molecule has 10 nitrogen and oxygen atoms in total. The zero-order valence-electron chi connectivity index (χ0n) is 28.5. The van der Waals surface area contributed by atoms with Crippen molar-refractivity contribution in [1.29, 1.82) is 0 Å². The van der Waals surface area contributed by atoms with Crippen LogP contribution in [-0.2, 0) is 19.9 Å². The first-order chi connectivity index (χ1) is 24.8. The lowest BCUT2D eigenvalue weighted by Gasteiger charge is -2.47. The van der Waals surface area contributed by atoms with Crippen LogP contribution in [0.3, 0.4) is 0 Å². The molecule has 0 fully saturated rings. The maximum absolute atomic E-state index is 14.1. The summed E-state index contributed by atoms with van der Waals surface area (Å²) >= 11 is 0. The van der Waals surface area contributed by atoms with Gasteiger partial charge in [0.1, 0.15) is 36.2 Å². The Kier molecular flexibility index (Phi) is 10.3. The van der Waals surface area contributed by atoms with Gasteiger partial charge in [-0.05, 0) is 70.1 Å². The Morgan fingerprint density at radius 3 is 1.67 bits per heavy atom. The van der Waals surface area contributed by atoms with Crippen LogP contribution < -0.4 is 20.2 Å². The van der Waals surface area contributed by atoms with Crippen LogP contribution in [0.15, 0.2) is 127 Å². The molecule has 0 aromatic heterocycles. The van der Waals surface area contributed by atoms with E-state index in [0.29, 0.717) is 28.2 Å². The molecule has 1 atom stereocenters. The minimum atomic E-state index is -1.37. The molecule has 51 heavy (non-hydrogen) atoms. The third kappa shape index (κ3) is 6.86. The Balaban J connectivity index is 1.46. The highest BCUT2D eigenvalue weighted by Gasteiger charge is 2.47. The first kappa shape index (κ1) is 34.7. The standard InChI is InChI=1S/C41H39N3O7/c1-27(39(47)42-25-38(45)46)44(43-40(48)51-26-37-35-15-9-7-13-33(35)34-14-8-10-16-36(34)37)41(28-11-5-4-6-12-28,29-17-21-31(49-2)22-18-29)30-19-23-32(50-3)24-20-30/h4-24,27,37H,25-26H2,1-3H3,(H,42,47)(H,43,48)(H,45,46)/t27-/m1/s1. The molecule has 0 aliphatic heterocycles. The van der Waals surface area contributed by atoms with Gasteiger partial charge in [0.05, 0.1) is 14.2 Å². The maximum Gasteiger partial charge on any atom is 0.421 e. The minimum Gasteiger partial charge on any atom is -0.497 e. The topological polar surface area (TPSA) is 126 Å². The Bertz CT molecular complexity index is 1910. The van der Waals surface area contributed by atoms with Crippen molar-refractivity contribution in [3.8, 4) is 22.6 Å². The van der Waals surface area contributed by atoms with E-state index < -0.39 is 36.1 Å². The molecule has 260 valence electrons. The average Bonchev–Trinajstić information content (AvgIpc) is 3.50. The molecule has 1 aliphatic rings. The minimum absolute atomic E-state index is 0.0384. The summed E-state index contributed by atoms with van der Waals surface area (Å²) in [6.45, 7) is 1.04. The van der Waals surface area contributed by atoms with Gasteiger partial charge in [-0.2, -0.15) is 5.01 Å². The number of nitrogens with zero attached hydrogens (tertiary/aromatic N) is 1. The number of rotatable bonds is 13. The predicted octanol–water partition coefficient (Wildman–Crippen LogP) is 6.34. The summed E-state index contributed by atoms with van der Waals surface area (Å²) in [4.78, 5) is 39.4. The van der Waals surface area contributed by atoms with Crippen LogP contribution in [0.1, 0.15) is 40.7 Å². The third-order valence-electron chi connectivity index (χ3n) is 9.30. The monoisotopic (exact) mass is 685 g/mol. The molecule has 2 amide bonds. The quantitative estimate of drug-likeness (QED) is 0.0969. The number of benzene rings is 5. The van der Waals surface area contributed by atoms with Crippen molar-refractivity contribution in [3.05, 3.63) is 155 Å². The fourth-order valence-corrected chi connectivity index (χ4v) is 6.89. The zero-order valence-corrected chi connectivity index (χ0v) is 28.5. The summed E-state index contributed by atoms with van der Waals surface area (Å²) in [6.07, 6.45) is -0.794. The first-order valence-corrected chi connectivity index (χ1v) is 16.5. The van der Waals surface area contributed by atoms with Crippen LogP contribution in [0.2, 0.25) is 0 Å². The van der Waals surface area contributed by atoms with Crippen molar-refractivity contribution in [2.45, 2.75) is 24.4 Å². The molecular weight excluding hydrogens is 646 g/mol. The van der Waals surface area contributed by atoms with E-state index in [0.717, 1.165) is 22.3 Å². The molecule has 5 aromatic rings. The van der Waals surface area contributed by atoms with E-state index in [1.165, 1.54) is 5.01 Å². The Labute approximate surface area is 296 Å². The molecule has 0 spiro atoms. The number of carboxylic acid groups (broad SMARTS) is 1. The van der Waals surface area contributed by atoms with Crippen LogP contribution in [0.4, 0.5) is 4.79 Å². The van der Waals surface area contributed by atoms with E-state index in [1.54, 1.807) is 45.4 Å². The second-order valence-corrected chi connectivity index (χ2v) is 12.1. The lowest BCUT2D eigenvalue weighted by Crippen LogP contribution is -2.63. The molecule has 6 rings (SSSR count). The number of hydrogen-bond acceptors (Lipinski definition) is 7. The summed E-state index contributed by atoms with van der Waals surface area (Å²) in [5.41, 5.74) is 7.94. The summed E-state index contributed by atoms with van der Waals surface area (Å²) in [7, 11) is 3.14. The van der Waals surface area contributed by atoms with Gasteiger partial charge in [0.15, 0.2) is 0 Å². The molecule has 0 unspecified atom stereocenters. The molecule has 0 heterocycles. The Morgan fingerprint density at radius 2 is 1.18 bits per heavy atom. The smallest absolute Gasteiger partial charge is 0.421 e. The Morgan fingerprint density at radius 1 is 0.706 bits per heavy atom. The normalized spacial score (nSPS) is 12.7. The van der Waals surface area contributed by atoms with Gasteiger partial charge in [-0.3, -0.25) is 15.0 Å². The van der Waals surface area contributed by atoms with Crippen molar-refractivity contribution in [1.82, 2.24) is 15.8 Å². The van der Waals surface area contributed by atoms with Gasteiger partial charge in [-0.1, -0.05) is 103 Å². The molecule has 0 bridgehead atoms. The van der Waals surface area contributed by atoms with Gasteiger partial charge in [-0.15, -0.1) is 0 Å². The summed E-state index contributed by atoms with van der Waals surface area (Å²) in [5, 5.41) is 13.4. The number of methoxy groups -OCH3 is 2. The molecule has 0 saturated carbocycles. The van der Waals surface area contributed by atoms with E-state index in [1.807, 2.05) is 91.0 Å². The second kappa shape index (κ2) is 15.2. The van der Waals surface area contributed by atoms with Crippen molar-refractivity contribution in [3.63, 3.8) is 0 Å². The lowest BCUT2D eigenvalue weighted by molar-refractivity contribution is -0.139. The van der Waals surface area contributed by atoms with Gasteiger partial charge in [0.25, 0.3) is 0 Å². The summed E-state index contributed by atoms with van der Waals surface area (Å²) in [6, 6.07) is 39.1. The predicted molar refractivity (Wildman–Crippen MR) is 192 cm³/mol. The Hall–Kier alpha value is -6.13. The number of carboxylic acids is 1. The van der Waals surface area contributed by atoms with E-state index in [9.17, 15) is 19.5 Å². The molecule has 0 radical (unpaired) electrons. The highest BCUT2D eigenvalue weighted by molar-refractivity contribution is 5.85. The second-order valence-electron chi connectivity index (χ2n) is 12.1. The maximum atomic E-state index is 14.1. The molecule has 10 heteroatoms. The number of carbonyl (C=O) groups is 3. The summed E-state index contributed by atoms with van der Waals surface area (Å²) in [5.74, 6) is -0.808. The van der Waals surface area contributed by atoms with Gasteiger partial charge < -0.3 is 24.6 Å². The van der Waals surface area contributed by atoms with Crippen molar-refractivity contribution in [2.24, 2.45) is 0 Å². The van der Waals surface area contributed by atoms with Crippen LogP contribution in [0, 0.1) is 0 Å². The van der Waals surface area contributed by atoms with Crippen LogP contribution in [0.25, 0.3) is 11.1 Å². The number of hydrogen-bond donors (Lipinski definition) is 3. The van der Waals surface area contributed by atoms with Crippen LogP contribution in [0.5, 0.6) is 11.5 Å². The number of aliphatic carboxylic acids is 1. The molecular formula is C41H39N3O7. The molecule has 1 aliphatic carbocycles. The molecule has 3 N–H and O–H groups in total. The molecule has 0 saturated heterocycles. The molecule has 5 aromatic carbocycles. The number of ether oxygens (including phenoxy) is 3. The average molecular weight is 686 g/mol. The zero-order chi connectivity index (χ0) is 36.0. The number of nitrogens with one attached hydrogen (secondary N) is 2. The van der Waals surface area contributed by atoms with Crippen LogP contribution >= 0.6 is 0 Å². The fraction of sp³-hybridized carbons (Fsp3) is 0.195. The van der Waals surface area contributed by atoms with E-state index >= 15 is 0 Å². The highest BCUT2D eigenvalue weighted by Crippen LogP contribution is 2.46. The fourth-order valence-electron chi connectivity index (χ4n) is 6.89. The van der Waals surface area contributed by atoms with Gasteiger partial charge in [0.2, 0.25) is 5.91 Å². The lowest BCUT2D eigenvalue weighted by atomic mass is 9.75. The highest BCUT2D eigenvalue weighted by atomic mass is 16.6. The van der Waals surface area contributed by atoms with Crippen molar-refractivity contribution < 1.29 is 33.7 Å². The first-order valence-electron chi connectivity index (χ1n) is 16.5.